The molecule has 0 aliphatic rings. The Balaban J connectivity index is 2.24. The molecule has 0 fully saturated rings. The summed E-state index contributed by atoms with van der Waals surface area (Å²) >= 11 is 1.39. The molecule has 0 saturated heterocycles. The summed E-state index contributed by atoms with van der Waals surface area (Å²) in [5.41, 5.74) is 1.07. The maximum Gasteiger partial charge on any atom is 0.307 e. The number of hydrogen-bond acceptors (Lipinski definition) is 5. The summed E-state index contributed by atoms with van der Waals surface area (Å²) in [4.78, 5) is 12.6. The Morgan fingerprint density at radius 3 is 2.38 bits per heavy atom. The molecule has 130 valence electrons. The Morgan fingerprint density at radius 2 is 1.88 bits per heavy atom. The molecule has 0 aliphatic heterocycles. The van der Waals surface area contributed by atoms with Gasteiger partial charge in [0, 0.05) is 4.88 Å². The van der Waals surface area contributed by atoms with Crippen LogP contribution in [-0.2, 0) is 19.6 Å². The second-order valence-corrected chi connectivity index (χ2v) is 8.39. The van der Waals surface area contributed by atoms with Crippen LogP contribution < -0.4 is 4.72 Å². The molecule has 0 radical (unpaired) electrons. The maximum atomic E-state index is 12.6. The molecule has 0 aliphatic carbocycles. The van der Waals surface area contributed by atoms with Gasteiger partial charge in [0.15, 0.2) is 0 Å². The Labute approximate surface area is 146 Å². The average Bonchev–Trinajstić information content (AvgIpc) is 3.08. The predicted molar refractivity (Wildman–Crippen MR) is 94.5 cm³/mol. The van der Waals surface area contributed by atoms with E-state index in [2.05, 4.69) is 9.46 Å². The number of carbonyl (C=O) groups excluding carboxylic acids is 1. The number of sulfonamides is 1. The third-order valence-corrected chi connectivity index (χ3v) is 6.11. The molecule has 1 heterocycles. The number of thiophene rings is 1. The van der Waals surface area contributed by atoms with Crippen molar-refractivity contribution in [1.29, 1.82) is 0 Å². The monoisotopic (exact) mass is 367 g/mol. The van der Waals surface area contributed by atoms with E-state index in [4.69, 9.17) is 0 Å². The molecular formula is C17H21NO4S2. The van der Waals surface area contributed by atoms with Crippen molar-refractivity contribution >= 4 is 27.3 Å². The third-order valence-electron chi connectivity index (χ3n) is 3.64. The van der Waals surface area contributed by atoms with E-state index in [1.54, 1.807) is 30.3 Å². The molecular weight excluding hydrogens is 346 g/mol. The molecule has 0 amide bonds. The van der Waals surface area contributed by atoms with Gasteiger partial charge < -0.3 is 4.74 Å². The van der Waals surface area contributed by atoms with Gasteiger partial charge in [0.1, 0.15) is 0 Å². The number of esters is 1. The first kappa shape index (κ1) is 18.6. The highest BCUT2D eigenvalue weighted by molar-refractivity contribution is 7.89. The molecule has 1 aromatic carbocycles. The number of hydrogen-bond donors (Lipinski definition) is 1. The zero-order valence-electron chi connectivity index (χ0n) is 13.9. The van der Waals surface area contributed by atoms with E-state index < -0.39 is 22.0 Å². The Hall–Kier alpha value is -1.70. The van der Waals surface area contributed by atoms with Crippen LogP contribution in [0.4, 0.5) is 0 Å². The Bertz CT molecular complexity index is 765. The second-order valence-electron chi connectivity index (χ2n) is 5.69. The summed E-state index contributed by atoms with van der Waals surface area (Å²) in [6.07, 6.45) is -0.0552. The first-order valence-corrected chi connectivity index (χ1v) is 9.92. The van der Waals surface area contributed by atoms with Crippen molar-refractivity contribution in [2.75, 3.05) is 7.11 Å². The molecule has 1 atom stereocenters. The lowest BCUT2D eigenvalue weighted by molar-refractivity contribution is -0.141. The normalized spacial score (nSPS) is 13.0. The van der Waals surface area contributed by atoms with E-state index in [-0.39, 0.29) is 11.3 Å². The van der Waals surface area contributed by atoms with Gasteiger partial charge in [0.25, 0.3) is 0 Å². The molecule has 0 saturated carbocycles. The molecule has 7 heteroatoms. The average molecular weight is 367 g/mol. The summed E-state index contributed by atoms with van der Waals surface area (Å²) in [5.74, 6) is -0.140. The van der Waals surface area contributed by atoms with Crippen LogP contribution >= 0.6 is 11.3 Å². The highest BCUT2D eigenvalue weighted by atomic mass is 32.2. The molecule has 1 N–H and O–H groups in total. The quantitative estimate of drug-likeness (QED) is 0.761. The number of benzene rings is 1. The van der Waals surface area contributed by atoms with Crippen molar-refractivity contribution in [3.05, 3.63) is 52.2 Å². The summed E-state index contributed by atoms with van der Waals surface area (Å²) in [5, 5.41) is 1.84. The van der Waals surface area contributed by atoms with Gasteiger partial charge in [-0.2, -0.15) is 0 Å². The summed E-state index contributed by atoms with van der Waals surface area (Å²) in [6.45, 7) is 4.09. The van der Waals surface area contributed by atoms with Gasteiger partial charge in [0.2, 0.25) is 10.0 Å². The number of carbonyl (C=O) groups is 1. The van der Waals surface area contributed by atoms with Crippen molar-refractivity contribution in [2.45, 2.75) is 37.1 Å². The van der Waals surface area contributed by atoms with Crippen LogP contribution in [0.2, 0.25) is 0 Å². The summed E-state index contributed by atoms with van der Waals surface area (Å²) < 4.78 is 32.5. The lowest BCUT2D eigenvalue weighted by atomic mass is 10.0. The minimum atomic E-state index is -3.73. The van der Waals surface area contributed by atoms with Gasteiger partial charge in [-0.15, -0.1) is 11.3 Å². The van der Waals surface area contributed by atoms with Gasteiger partial charge in [-0.3, -0.25) is 4.79 Å². The highest BCUT2D eigenvalue weighted by Crippen LogP contribution is 2.25. The van der Waals surface area contributed by atoms with Crippen LogP contribution in [0.25, 0.3) is 0 Å². The zero-order chi connectivity index (χ0) is 17.7. The number of methoxy groups -OCH3 is 1. The summed E-state index contributed by atoms with van der Waals surface area (Å²) in [7, 11) is -2.45. The lowest BCUT2D eigenvalue weighted by Gasteiger charge is -2.17. The highest BCUT2D eigenvalue weighted by Gasteiger charge is 2.24. The van der Waals surface area contributed by atoms with Crippen LogP contribution in [0, 0.1) is 0 Å². The maximum absolute atomic E-state index is 12.6. The van der Waals surface area contributed by atoms with Crippen LogP contribution in [0.3, 0.4) is 0 Å². The number of rotatable bonds is 7. The minimum absolute atomic E-state index is 0.0552. The van der Waals surface area contributed by atoms with Gasteiger partial charge in [0.05, 0.1) is 24.5 Å². The van der Waals surface area contributed by atoms with E-state index in [1.807, 2.05) is 25.3 Å². The van der Waals surface area contributed by atoms with Gasteiger partial charge in [-0.05, 0) is 35.1 Å². The predicted octanol–water partition coefficient (Wildman–Crippen LogP) is 3.45. The standard InChI is InChI=1S/C17H21NO4S2/c1-12(2)13-6-8-14(9-7-13)24(20,21)18-15(11-17(19)22-3)16-5-4-10-23-16/h4-10,12,15,18H,11H2,1-3H3. The first-order chi connectivity index (χ1) is 11.3. The van der Waals surface area contributed by atoms with E-state index in [9.17, 15) is 13.2 Å². The smallest absolute Gasteiger partial charge is 0.307 e. The molecule has 1 unspecified atom stereocenters. The van der Waals surface area contributed by atoms with Gasteiger partial charge >= 0.3 is 5.97 Å². The zero-order valence-corrected chi connectivity index (χ0v) is 15.5. The molecule has 24 heavy (non-hydrogen) atoms. The Morgan fingerprint density at radius 1 is 1.21 bits per heavy atom. The van der Waals surface area contributed by atoms with Crippen molar-refractivity contribution in [3.63, 3.8) is 0 Å². The van der Waals surface area contributed by atoms with E-state index in [0.29, 0.717) is 5.92 Å². The second kappa shape index (κ2) is 7.92. The number of ether oxygens (including phenoxy) is 1. The molecule has 0 spiro atoms. The molecule has 1 aromatic heterocycles. The van der Waals surface area contributed by atoms with E-state index >= 15 is 0 Å². The SMILES string of the molecule is COC(=O)CC(NS(=O)(=O)c1ccc(C(C)C)cc1)c1cccs1. The van der Waals surface area contributed by atoms with E-state index in [1.165, 1.54) is 18.4 Å². The first-order valence-electron chi connectivity index (χ1n) is 7.56. The minimum Gasteiger partial charge on any atom is -0.469 e. The fourth-order valence-electron chi connectivity index (χ4n) is 2.23. The van der Waals surface area contributed by atoms with Gasteiger partial charge in [-0.25, -0.2) is 13.1 Å². The van der Waals surface area contributed by atoms with Crippen molar-refractivity contribution in [1.82, 2.24) is 4.72 Å². The number of nitrogens with one attached hydrogen (secondary N) is 1. The van der Waals surface area contributed by atoms with Crippen LogP contribution in [-0.4, -0.2) is 21.5 Å². The van der Waals surface area contributed by atoms with Crippen LogP contribution in [0.15, 0.2) is 46.7 Å². The van der Waals surface area contributed by atoms with Crippen molar-refractivity contribution in [3.8, 4) is 0 Å². The fraction of sp³-hybridized carbons (Fsp3) is 0.353. The van der Waals surface area contributed by atoms with Crippen molar-refractivity contribution in [2.24, 2.45) is 0 Å². The molecule has 0 bridgehead atoms. The summed E-state index contributed by atoms with van der Waals surface area (Å²) in [6, 6.07) is 9.74. The van der Waals surface area contributed by atoms with Gasteiger partial charge in [-0.1, -0.05) is 32.0 Å². The molecule has 2 rings (SSSR count). The van der Waals surface area contributed by atoms with Crippen LogP contribution in [0.5, 0.6) is 0 Å². The van der Waals surface area contributed by atoms with Crippen molar-refractivity contribution < 1.29 is 17.9 Å². The Kier molecular flexibility index (Phi) is 6.15. The molecule has 2 aromatic rings. The topological polar surface area (TPSA) is 72.5 Å². The van der Waals surface area contributed by atoms with E-state index in [0.717, 1.165) is 10.4 Å². The molecule has 5 nitrogen and oxygen atoms in total. The third kappa shape index (κ3) is 4.66. The lowest BCUT2D eigenvalue weighted by Crippen LogP contribution is -2.30. The fourth-order valence-corrected chi connectivity index (χ4v) is 4.29. The largest absolute Gasteiger partial charge is 0.469 e. The van der Waals surface area contributed by atoms with Crippen LogP contribution in [0.1, 0.15) is 42.7 Å².